The summed E-state index contributed by atoms with van der Waals surface area (Å²) >= 11 is 0. The number of likely N-dealkylation sites (N-methyl/N-ethyl adjacent to an activating group) is 1. The Morgan fingerprint density at radius 1 is 1.04 bits per heavy atom. The summed E-state index contributed by atoms with van der Waals surface area (Å²) < 4.78 is 5.51. The summed E-state index contributed by atoms with van der Waals surface area (Å²) in [5.41, 5.74) is 1.17. The monoisotopic (exact) mass is 355 g/mol. The van der Waals surface area contributed by atoms with Crippen LogP contribution in [0, 0.1) is 13.8 Å². The van der Waals surface area contributed by atoms with E-state index in [-0.39, 0.29) is 6.61 Å². The molecule has 0 aliphatic carbocycles. The molecule has 0 amide bonds. The van der Waals surface area contributed by atoms with Crippen LogP contribution in [0.5, 0.6) is 0 Å². The highest BCUT2D eigenvalue weighted by molar-refractivity contribution is 5.86. The fourth-order valence-electron chi connectivity index (χ4n) is 3.12. The van der Waals surface area contributed by atoms with Gasteiger partial charge in [0.05, 0.1) is 0 Å². The number of esters is 1. The Morgan fingerprint density at radius 3 is 2.31 bits per heavy atom. The Balaban J connectivity index is 2.36. The van der Waals surface area contributed by atoms with Gasteiger partial charge in [0, 0.05) is 12.1 Å². The smallest absolute Gasteiger partial charge is 0.347 e. The lowest BCUT2D eigenvalue weighted by Gasteiger charge is -2.29. The number of benzene rings is 2. The van der Waals surface area contributed by atoms with E-state index >= 15 is 0 Å². The number of nitrogens with zero attached hydrogens (tertiary/aromatic N) is 1. The summed E-state index contributed by atoms with van der Waals surface area (Å²) in [5.74, 6) is -0.635. The molecular weight excluding hydrogens is 326 g/mol. The maximum atomic E-state index is 13.0. The minimum atomic E-state index is -1.82. The van der Waals surface area contributed by atoms with E-state index in [2.05, 4.69) is 18.7 Å². The van der Waals surface area contributed by atoms with Gasteiger partial charge >= 0.3 is 5.97 Å². The largest absolute Gasteiger partial charge is 0.462 e. The van der Waals surface area contributed by atoms with Gasteiger partial charge in [-0.1, -0.05) is 62.4 Å². The minimum Gasteiger partial charge on any atom is -0.462 e. The van der Waals surface area contributed by atoms with Crippen LogP contribution in [0.3, 0.4) is 0 Å². The first kappa shape index (κ1) is 20.1. The van der Waals surface area contributed by atoms with Crippen LogP contribution >= 0.6 is 0 Å². The first-order valence-electron chi connectivity index (χ1n) is 9.19. The Hall–Kier alpha value is -2.17. The Morgan fingerprint density at radius 2 is 1.69 bits per heavy atom. The molecule has 2 rings (SSSR count). The fraction of sp³-hybridized carbons (Fsp3) is 0.409. The second-order valence-electron chi connectivity index (χ2n) is 6.49. The molecule has 1 N–H and O–H groups in total. The summed E-state index contributed by atoms with van der Waals surface area (Å²) in [6, 6.07) is 14.6. The van der Waals surface area contributed by atoms with Crippen LogP contribution in [-0.4, -0.2) is 42.2 Å². The van der Waals surface area contributed by atoms with Gasteiger partial charge in [0.25, 0.3) is 0 Å². The second-order valence-corrected chi connectivity index (χ2v) is 6.49. The lowest BCUT2D eigenvalue weighted by Crippen LogP contribution is -2.40. The summed E-state index contributed by atoms with van der Waals surface area (Å²) in [6.45, 7) is 10.7. The van der Waals surface area contributed by atoms with Crippen molar-refractivity contribution < 1.29 is 14.6 Å². The lowest BCUT2D eigenvalue weighted by atomic mass is 9.83. The van der Waals surface area contributed by atoms with Crippen molar-refractivity contribution in [2.45, 2.75) is 33.3 Å². The molecule has 0 unspecified atom stereocenters. The number of carbonyl (C=O) groups is 1. The van der Waals surface area contributed by atoms with Crippen molar-refractivity contribution in [3.8, 4) is 0 Å². The summed E-state index contributed by atoms with van der Waals surface area (Å²) in [6.07, 6.45) is 0. The van der Waals surface area contributed by atoms with Crippen LogP contribution < -0.4 is 0 Å². The number of aliphatic hydroxyl groups is 1. The quantitative estimate of drug-likeness (QED) is 0.737. The standard InChI is InChI=1S/C22H29NO3/c1-5-23(6-2)15-16-26-21(24)22(25,19-12-8-7-9-13-19)20-14-10-11-17(3)18(20)4/h7-14,25H,5-6,15-16H2,1-4H3/t22-/m1/s1. The highest BCUT2D eigenvalue weighted by atomic mass is 16.5. The third-order valence-corrected chi connectivity index (χ3v) is 5.02. The lowest BCUT2D eigenvalue weighted by molar-refractivity contribution is -0.162. The Kier molecular flexibility index (Phi) is 6.95. The van der Waals surface area contributed by atoms with Gasteiger partial charge in [-0.2, -0.15) is 0 Å². The van der Waals surface area contributed by atoms with Crippen LogP contribution in [0.1, 0.15) is 36.1 Å². The molecule has 26 heavy (non-hydrogen) atoms. The van der Waals surface area contributed by atoms with Crippen molar-refractivity contribution in [2.75, 3.05) is 26.2 Å². The third-order valence-electron chi connectivity index (χ3n) is 5.02. The number of aryl methyl sites for hydroxylation is 1. The van der Waals surface area contributed by atoms with Crippen LogP contribution in [0.25, 0.3) is 0 Å². The van der Waals surface area contributed by atoms with Crippen molar-refractivity contribution in [1.29, 1.82) is 0 Å². The zero-order chi connectivity index (χ0) is 19.2. The van der Waals surface area contributed by atoms with Crippen molar-refractivity contribution in [2.24, 2.45) is 0 Å². The molecule has 0 aromatic heterocycles. The van der Waals surface area contributed by atoms with Gasteiger partial charge in [-0.05, 0) is 43.6 Å². The van der Waals surface area contributed by atoms with E-state index in [1.807, 2.05) is 44.2 Å². The molecule has 4 heteroatoms. The van der Waals surface area contributed by atoms with E-state index in [9.17, 15) is 9.90 Å². The molecule has 140 valence electrons. The van der Waals surface area contributed by atoms with Gasteiger partial charge in [0.15, 0.2) is 0 Å². The Bertz CT molecular complexity index is 725. The number of hydrogen-bond donors (Lipinski definition) is 1. The molecule has 0 aliphatic heterocycles. The maximum Gasteiger partial charge on any atom is 0.347 e. The Labute approximate surface area is 156 Å². The molecule has 0 heterocycles. The fourth-order valence-corrected chi connectivity index (χ4v) is 3.12. The van der Waals surface area contributed by atoms with E-state index in [1.165, 1.54) is 0 Å². The molecule has 0 saturated carbocycles. The third kappa shape index (κ3) is 4.14. The SMILES string of the molecule is CCN(CC)CCOC(=O)[C@@](O)(c1ccccc1)c1cccc(C)c1C. The second kappa shape index (κ2) is 8.97. The van der Waals surface area contributed by atoms with Crippen molar-refractivity contribution in [1.82, 2.24) is 4.90 Å². The topological polar surface area (TPSA) is 49.8 Å². The number of hydrogen-bond acceptors (Lipinski definition) is 4. The molecule has 2 aromatic rings. The molecule has 0 radical (unpaired) electrons. The van der Waals surface area contributed by atoms with E-state index in [0.29, 0.717) is 17.7 Å². The number of rotatable bonds is 8. The number of ether oxygens (including phenoxy) is 1. The molecule has 4 nitrogen and oxygen atoms in total. The van der Waals surface area contributed by atoms with Gasteiger partial charge in [0.1, 0.15) is 6.61 Å². The van der Waals surface area contributed by atoms with Crippen molar-refractivity contribution >= 4 is 5.97 Å². The molecule has 2 aromatic carbocycles. The normalized spacial score (nSPS) is 13.5. The minimum absolute atomic E-state index is 0.251. The van der Waals surface area contributed by atoms with Gasteiger partial charge in [0.2, 0.25) is 5.60 Å². The first-order valence-corrected chi connectivity index (χ1v) is 9.19. The van der Waals surface area contributed by atoms with Crippen molar-refractivity contribution in [3.05, 3.63) is 70.8 Å². The average Bonchev–Trinajstić information content (AvgIpc) is 2.67. The molecule has 0 spiro atoms. The van der Waals surface area contributed by atoms with Crippen molar-refractivity contribution in [3.63, 3.8) is 0 Å². The molecule has 0 bridgehead atoms. The van der Waals surface area contributed by atoms with Crippen LogP contribution in [-0.2, 0) is 15.1 Å². The van der Waals surface area contributed by atoms with E-state index < -0.39 is 11.6 Å². The average molecular weight is 355 g/mol. The van der Waals surface area contributed by atoms with Gasteiger partial charge in [-0.15, -0.1) is 0 Å². The zero-order valence-electron chi connectivity index (χ0n) is 16.2. The van der Waals surface area contributed by atoms with E-state index in [0.717, 1.165) is 24.2 Å². The zero-order valence-corrected chi connectivity index (χ0v) is 16.2. The molecule has 0 saturated heterocycles. The molecular formula is C22H29NO3. The van der Waals surface area contributed by atoms with E-state index in [4.69, 9.17) is 4.74 Å². The summed E-state index contributed by atoms with van der Waals surface area (Å²) in [7, 11) is 0. The summed E-state index contributed by atoms with van der Waals surface area (Å²) in [4.78, 5) is 15.2. The highest BCUT2D eigenvalue weighted by Crippen LogP contribution is 2.34. The van der Waals surface area contributed by atoms with Crippen LogP contribution in [0.2, 0.25) is 0 Å². The highest BCUT2D eigenvalue weighted by Gasteiger charge is 2.42. The first-order chi connectivity index (χ1) is 12.4. The molecule has 1 atom stereocenters. The van der Waals surface area contributed by atoms with E-state index in [1.54, 1.807) is 18.2 Å². The van der Waals surface area contributed by atoms with Gasteiger partial charge in [-0.3, -0.25) is 0 Å². The molecule has 0 fully saturated rings. The number of carbonyl (C=O) groups excluding carboxylic acids is 1. The van der Waals surface area contributed by atoms with Crippen LogP contribution in [0.4, 0.5) is 0 Å². The predicted molar refractivity (Wildman–Crippen MR) is 104 cm³/mol. The van der Waals surface area contributed by atoms with Gasteiger partial charge < -0.3 is 14.7 Å². The maximum absolute atomic E-state index is 13.0. The predicted octanol–water partition coefficient (Wildman–Crippen LogP) is 3.42. The summed E-state index contributed by atoms with van der Waals surface area (Å²) in [5, 5.41) is 11.5. The van der Waals surface area contributed by atoms with Gasteiger partial charge in [-0.25, -0.2) is 4.79 Å². The van der Waals surface area contributed by atoms with Crippen LogP contribution in [0.15, 0.2) is 48.5 Å². The molecule has 0 aliphatic rings.